The Morgan fingerprint density at radius 1 is 1.38 bits per heavy atom. The molecule has 0 amide bonds. The summed E-state index contributed by atoms with van der Waals surface area (Å²) in [5.74, 6) is 0.987. The van der Waals surface area contributed by atoms with E-state index in [4.69, 9.17) is 32.0 Å². The number of nitrogens with zero attached hydrogens (tertiary/aromatic N) is 2. The lowest BCUT2D eigenvalue weighted by molar-refractivity contribution is 0.145. The summed E-state index contributed by atoms with van der Waals surface area (Å²) in [6.07, 6.45) is 0.475. The Morgan fingerprint density at radius 2 is 2.14 bits per heavy atom. The molecule has 0 aliphatic heterocycles. The number of rotatable bonds is 9. The number of halogens is 1. The highest BCUT2D eigenvalue weighted by Gasteiger charge is 2.11. The Morgan fingerprint density at radius 3 is 2.76 bits per heavy atom. The lowest BCUT2D eigenvalue weighted by atomic mass is 10.1. The molecule has 6 nitrogen and oxygen atoms in total. The van der Waals surface area contributed by atoms with E-state index >= 15 is 0 Å². The van der Waals surface area contributed by atoms with Gasteiger partial charge in [-0.3, -0.25) is 4.90 Å². The highest BCUT2D eigenvalue weighted by molar-refractivity contribution is 6.30. The van der Waals surface area contributed by atoms with Crippen LogP contribution in [0.5, 0.6) is 5.75 Å². The largest absolute Gasteiger partial charge is 0.496 e. The van der Waals surface area contributed by atoms with E-state index in [2.05, 4.69) is 10.1 Å². The molecule has 0 fully saturated rings. The molecule has 0 heterocycles. The highest BCUT2D eigenvalue weighted by atomic mass is 35.5. The van der Waals surface area contributed by atoms with Gasteiger partial charge in [0.25, 0.3) is 0 Å². The molecule has 0 radical (unpaired) electrons. The van der Waals surface area contributed by atoms with Gasteiger partial charge in [0.2, 0.25) is 0 Å². The third kappa shape index (κ3) is 6.20. The van der Waals surface area contributed by atoms with Crippen LogP contribution in [-0.4, -0.2) is 49.9 Å². The second-order valence-corrected chi connectivity index (χ2v) is 5.00. The molecule has 0 saturated heterocycles. The number of methoxy groups -OCH3 is 2. The maximum Gasteiger partial charge on any atom is 0.140 e. The molecule has 3 N–H and O–H groups in total. The normalized spacial score (nSPS) is 11.9. The zero-order chi connectivity index (χ0) is 15.7. The molecule has 0 aliphatic carbocycles. The van der Waals surface area contributed by atoms with Crippen LogP contribution in [0.15, 0.2) is 23.4 Å². The van der Waals surface area contributed by atoms with Crippen LogP contribution in [0.3, 0.4) is 0 Å². The van der Waals surface area contributed by atoms with Gasteiger partial charge < -0.3 is 20.4 Å². The molecule has 0 spiro atoms. The van der Waals surface area contributed by atoms with Gasteiger partial charge in [0.1, 0.15) is 11.6 Å². The van der Waals surface area contributed by atoms with Gasteiger partial charge in [-0.25, -0.2) is 0 Å². The van der Waals surface area contributed by atoms with Crippen LogP contribution in [0.2, 0.25) is 5.02 Å². The Labute approximate surface area is 130 Å². The smallest absolute Gasteiger partial charge is 0.140 e. The Kier molecular flexibility index (Phi) is 7.89. The van der Waals surface area contributed by atoms with Crippen LogP contribution in [0.4, 0.5) is 0 Å². The van der Waals surface area contributed by atoms with Gasteiger partial charge in [-0.2, -0.15) is 0 Å². The van der Waals surface area contributed by atoms with E-state index in [0.29, 0.717) is 31.1 Å². The number of oxime groups is 1. The fraction of sp³-hybridized carbons (Fsp3) is 0.500. The van der Waals surface area contributed by atoms with E-state index in [0.717, 1.165) is 17.9 Å². The van der Waals surface area contributed by atoms with Crippen LogP contribution in [0.1, 0.15) is 12.0 Å². The zero-order valence-corrected chi connectivity index (χ0v) is 13.1. The van der Waals surface area contributed by atoms with Gasteiger partial charge in [-0.05, 0) is 18.2 Å². The molecule has 7 heteroatoms. The molecule has 0 unspecified atom stereocenters. The zero-order valence-electron chi connectivity index (χ0n) is 12.4. The first-order valence-electron chi connectivity index (χ1n) is 6.60. The molecule has 0 atom stereocenters. The summed E-state index contributed by atoms with van der Waals surface area (Å²) in [5, 5.41) is 12.3. The van der Waals surface area contributed by atoms with Crippen LogP contribution >= 0.6 is 11.6 Å². The van der Waals surface area contributed by atoms with E-state index in [1.807, 2.05) is 12.1 Å². The summed E-state index contributed by atoms with van der Waals surface area (Å²) in [6.45, 7) is 2.62. The van der Waals surface area contributed by atoms with Crippen molar-refractivity contribution in [3.63, 3.8) is 0 Å². The first-order chi connectivity index (χ1) is 10.1. The molecule has 1 rings (SSSR count). The molecule has 21 heavy (non-hydrogen) atoms. The number of ether oxygens (including phenoxy) is 2. The molecule has 118 valence electrons. The maximum absolute atomic E-state index is 8.61. The average molecular weight is 316 g/mol. The number of benzene rings is 1. The second-order valence-electron chi connectivity index (χ2n) is 4.57. The van der Waals surface area contributed by atoms with Crippen molar-refractivity contribution in [2.45, 2.75) is 13.0 Å². The standard InChI is InChI=1S/C14H22ClN3O3/c1-20-8-7-18(6-5-14(16)17-19)10-11-9-12(15)3-4-13(11)21-2/h3-4,9,19H,5-8,10H2,1-2H3,(H2,16,17). The summed E-state index contributed by atoms with van der Waals surface area (Å²) in [4.78, 5) is 2.13. The first kappa shape index (κ1) is 17.6. The van der Waals surface area contributed by atoms with Gasteiger partial charge in [-0.1, -0.05) is 16.8 Å². The Bertz CT molecular complexity index is 469. The van der Waals surface area contributed by atoms with E-state index in [9.17, 15) is 0 Å². The molecule has 1 aromatic carbocycles. The van der Waals surface area contributed by atoms with Crippen molar-refractivity contribution in [3.8, 4) is 5.75 Å². The summed E-state index contributed by atoms with van der Waals surface area (Å²) in [6, 6.07) is 5.51. The summed E-state index contributed by atoms with van der Waals surface area (Å²) >= 11 is 6.04. The summed E-state index contributed by atoms with van der Waals surface area (Å²) < 4.78 is 10.5. The number of hydrogen-bond acceptors (Lipinski definition) is 5. The second kappa shape index (κ2) is 9.44. The minimum atomic E-state index is 0.204. The molecule has 0 aromatic heterocycles. The third-order valence-corrected chi connectivity index (χ3v) is 3.30. The van der Waals surface area contributed by atoms with E-state index in [1.165, 1.54) is 0 Å². The maximum atomic E-state index is 8.61. The predicted molar refractivity (Wildman–Crippen MR) is 83.2 cm³/mol. The quantitative estimate of drug-likeness (QED) is 0.315. The van der Waals surface area contributed by atoms with Crippen molar-refractivity contribution in [3.05, 3.63) is 28.8 Å². The third-order valence-electron chi connectivity index (χ3n) is 3.06. The molecular weight excluding hydrogens is 294 g/mol. The Balaban J connectivity index is 2.77. The molecule has 0 aliphatic rings. The number of amidine groups is 1. The first-order valence-corrected chi connectivity index (χ1v) is 6.98. The molecular formula is C14H22ClN3O3. The molecule has 0 saturated carbocycles. The van der Waals surface area contributed by atoms with Gasteiger partial charge in [0.15, 0.2) is 0 Å². The minimum Gasteiger partial charge on any atom is -0.496 e. The number of nitrogens with two attached hydrogens (primary N) is 1. The predicted octanol–water partition coefficient (Wildman–Crippen LogP) is 1.93. The minimum absolute atomic E-state index is 0.204. The SMILES string of the molecule is COCCN(CCC(N)=NO)Cc1cc(Cl)ccc1OC. The van der Waals surface area contributed by atoms with E-state index in [1.54, 1.807) is 20.3 Å². The summed E-state index contributed by atoms with van der Waals surface area (Å²) in [5.41, 5.74) is 6.51. The average Bonchev–Trinajstić information content (AvgIpc) is 2.49. The van der Waals surface area contributed by atoms with E-state index < -0.39 is 0 Å². The topological polar surface area (TPSA) is 80.3 Å². The lowest BCUT2D eigenvalue weighted by Crippen LogP contribution is -2.31. The van der Waals surface area contributed by atoms with Crippen molar-refractivity contribution in [2.24, 2.45) is 10.9 Å². The van der Waals surface area contributed by atoms with Gasteiger partial charge >= 0.3 is 0 Å². The monoisotopic (exact) mass is 315 g/mol. The molecule has 1 aromatic rings. The highest BCUT2D eigenvalue weighted by Crippen LogP contribution is 2.24. The van der Waals surface area contributed by atoms with Gasteiger partial charge in [0, 0.05) is 43.8 Å². The van der Waals surface area contributed by atoms with Crippen molar-refractivity contribution in [2.75, 3.05) is 33.9 Å². The fourth-order valence-electron chi connectivity index (χ4n) is 1.92. The van der Waals surface area contributed by atoms with Crippen LogP contribution < -0.4 is 10.5 Å². The lowest BCUT2D eigenvalue weighted by Gasteiger charge is -2.23. The fourth-order valence-corrected chi connectivity index (χ4v) is 2.12. The van der Waals surface area contributed by atoms with Gasteiger partial charge in [0.05, 0.1) is 13.7 Å². The van der Waals surface area contributed by atoms with Crippen molar-refractivity contribution < 1.29 is 14.7 Å². The van der Waals surface area contributed by atoms with Crippen LogP contribution in [0.25, 0.3) is 0 Å². The Hall–Kier alpha value is -1.50. The van der Waals surface area contributed by atoms with Crippen molar-refractivity contribution >= 4 is 17.4 Å². The summed E-state index contributed by atoms with van der Waals surface area (Å²) in [7, 11) is 3.28. The van der Waals surface area contributed by atoms with Crippen molar-refractivity contribution in [1.29, 1.82) is 0 Å². The van der Waals surface area contributed by atoms with E-state index in [-0.39, 0.29) is 5.84 Å². The van der Waals surface area contributed by atoms with Crippen LogP contribution in [0, 0.1) is 0 Å². The molecule has 0 bridgehead atoms. The van der Waals surface area contributed by atoms with Crippen molar-refractivity contribution in [1.82, 2.24) is 4.90 Å². The number of hydrogen-bond donors (Lipinski definition) is 2. The van der Waals surface area contributed by atoms with Gasteiger partial charge in [-0.15, -0.1) is 0 Å². The van der Waals surface area contributed by atoms with Crippen LogP contribution in [-0.2, 0) is 11.3 Å².